The first-order chi connectivity index (χ1) is 9.13. The van der Waals surface area contributed by atoms with Crippen LogP contribution in [0.3, 0.4) is 0 Å². The topological polar surface area (TPSA) is 38.7 Å². The zero-order chi connectivity index (χ0) is 13.8. The number of halogens is 1. The van der Waals surface area contributed by atoms with E-state index >= 15 is 0 Å². The number of methoxy groups -OCH3 is 1. The Bertz CT molecular complexity index is 434. The summed E-state index contributed by atoms with van der Waals surface area (Å²) in [5.74, 6) is 1.88. The molecular formula is C15H21ClO3. The number of hydrogen-bond acceptors (Lipinski definition) is 3. The lowest BCUT2D eigenvalue weighted by atomic mass is 9.89. The Morgan fingerprint density at radius 2 is 2.16 bits per heavy atom. The van der Waals surface area contributed by atoms with Gasteiger partial charge in [0.25, 0.3) is 0 Å². The van der Waals surface area contributed by atoms with Crippen LogP contribution in [-0.4, -0.2) is 18.3 Å². The average molecular weight is 285 g/mol. The van der Waals surface area contributed by atoms with Crippen molar-refractivity contribution in [2.45, 2.75) is 45.3 Å². The highest BCUT2D eigenvalue weighted by atomic mass is 35.5. The average Bonchev–Trinajstić information content (AvgIpc) is 2.40. The van der Waals surface area contributed by atoms with Gasteiger partial charge in [0.15, 0.2) is 11.5 Å². The molecule has 0 aliphatic heterocycles. The standard InChI is InChI=1S/C15H21ClO3/c1-10-4-3-5-12(6-10)19-15-13(16)7-11(9-17)8-14(15)18-2/h7-8,10,12,17H,3-6,9H2,1-2H3. The first-order valence-electron chi connectivity index (χ1n) is 6.78. The minimum atomic E-state index is -0.0587. The van der Waals surface area contributed by atoms with Crippen LogP contribution in [0, 0.1) is 5.92 Å². The van der Waals surface area contributed by atoms with Gasteiger partial charge in [0.05, 0.1) is 24.8 Å². The van der Waals surface area contributed by atoms with Gasteiger partial charge in [-0.25, -0.2) is 0 Å². The molecule has 2 rings (SSSR count). The zero-order valence-electron chi connectivity index (χ0n) is 11.5. The van der Waals surface area contributed by atoms with Gasteiger partial charge in [0.2, 0.25) is 0 Å². The molecule has 0 heterocycles. The largest absolute Gasteiger partial charge is 0.493 e. The molecule has 0 spiro atoms. The van der Waals surface area contributed by atoms with Crippen molar-refractivity contribution in [1.82, 2.24) is 0 Å². The maximum Gasteiger partial charge on any atom is 0.180 e. The Morgan fingerprint density at radius 3 is 2.79 bits per heavy atom. The van der Waals surface area contributed by atoms with Crippen molar-refractivity contribution in [3.8, 4) is 11.5 Å². The quantitative estimate of drug-likeness (QED) is 0.914. The van der Waals surface area contributed by atoms with Crippen LogP contribution in [0.5, 0.6) is 11.5 Å². The molecule has 1 aliphatic carbocycles. The van der Waals surface area contributed by atoms with Gasteiger partial charge in [0.1, 0.15) is 0 Å². The predicted molar refractivity (Wildman–Crippen MR) is 76.0 cm³/mol. The van der Waals surface area contributed by atoms with Crippen molar-refractivity contribution in [3.63, 3.8) is 0 Å². The molecule has 19 heavy (non-hydrogen) atoms. The molecule has 106 valence electrons. The van der Waals surface area contributed by atoms with Crippen LogP contribution < -0.4 is 9.47 Å². The van der Waals surface area contributed by atoms with E-state index in [2.05, 4.69) is 6.92 Å². The maximum atomic E-state index is 9.17. The van der Waals surface area contributed by atoms with Crippen LogP contribution in [0.25, 0.3) is 0 Å². The second kappa shape index (κ2) is 6.49. The third-order valence-corrected chi connectivity index (χ3v) is 3.93. The van der Waals surface area contributed by atoms with Gasteiger partial charge < -0.3 is 14.6 Å². The molecule has 0 radical (unpaired) electrons. The molecule has 1 aromatic carbocycles. The van der Waals surface area contributed by atoms with Crippen LogP contribution in [0.4, 0.5) is 0 Å². The Labute approximate surface area is 119 Å². The number of rotatable bonds is 4. The zero-order valence-corrected chi connectivity index (χ0v) is 12.2. The highest BCUT2D eigenvalue weighted by Crippen LogP contribution is 2.39. The van der Waals surface area contributed by atoms with Crippen molar-refractivity contribution >= 4 is 11.6 Å². The lowest BCUT2D eigenvalue weighted by Crippen LogP contribution is -2.24. The van der Waals surface area contributed by atoms with Crippen LogP contribution in [0.1, 0.15) is 38.2 Å². The van der Waals surface area contributed by atoms with E-state index in [1.54, 1.807) is 19.2 Å². The van der Waals surface area contributed by atoms with Gasteiger partial charge in [-0.2, -0.15) is 0 Å². The summed E-state index contributed by atoms with van der Waals surface area (Å²) in [4.78, 5) is 0. The summed E-state index contributed by atoms with van der Waals surface area (Å²) in [5.41, 5.74) is 0.728. The van der Waals surface area contributed by atoms with Gasteiger partial charge in [0, 0.05) is 0 Å². The number of aliphatic hydroxyl groups is 1. The number of benzene rings is 1. The number of hydrogen-bond donors (Lipinski definition) is 1. The third kappa shape index (κ3) is 3.54. The van der Waals surface area contributed by atoms with E-state index in [1.807, 2.05) is 0 Å². The maximum absolute atomic E-state index is 9.17. The highest BCUT2D eigenvalue weighted by molar-refractivity contribution is 6.32. The summed E-state index contributed by atoms with van der Waals surface area (Å²) >= 11 is 6.23. The predicted octanol–water partition coefficient (Wildman–Crippen LogP) is 3.80. The lowest BCUT2D eigenvalue weighted by molar-refractivity contribution is 0.125. The summed E-state index contributed by atoms with van der Waals surface area (Å²) in [6.07, 6.45) is 4.79. The minimum absolute atomic E-state index is 0.0587. The van der Waals surface area contributed by atoms with E-state index < -0.39 is 0 Å². The molecule has 1 aliphatic rings. The first-order valence-corrected chi connectivity index (χ1v) is 7.15. The van der Waals surface area contributed by atoms with E-state index in [0.717, 1.165) is 18.4 Å². The molecule has 0 aromatic heterocycles. The minimum Gasteiger partial charge on any atom is -0.493 e. The molecule has 4 heteroatoms. The second-order valence-electron chi connectivity index (χ2n) is 5.28. The third-order valence-electron chi connectivity index (χ3n) is 3.64. The Morgan fingerprint density at radius 1 is 1.37 bits per heavy atom. The molecule has 1 N–H and O–H groups in total. The van der Waals surface area contributed by atoms with Crippen molar-refractivity contribution in [1.29, 1.82) is 0 Å². The molecular weight excluding hydrogens is 264 g/mol. The molecule has 1 saturated carbocycles. The molecule has 3 nitrogen and oxygen atoms in total. The van der Waals surface area contributed by atoms with Crippen molar-refractivity contribution in [2.24, 2.45) is 5.92 Å². The van der Waals surface area contributed by atoms with Crippen LogP contribution in [0.2, 0.25) is 5.02 Å². The fourth-order valence-corrected chi connectivity index (χ4v) is 2.91. The van der Waals surface area contributed by atoms with E-state index in [9.17, 15) is 5.11 Å². The molecule has 1 fully saturated rings. The lowest BCUT2D eigenvalue weighted by Gasteiger charge is -2.28. The summed E-state index contributed by atoms with van der Waals surface area (Å²) in [5, 5.41) is 9.68. The van der Waals surface area contributed by atoms with Crippen molar-refractivity contribution in [2.75, 3.05) is 7.11 Å². The Hall–Kier alpha value is -0.930. The summed E-state index contributed by atoms with van der Waals surface area (Å²) in [6, 6.07) is 3.50. The van der Waals surface area contributed by atoms with E-state index in [-0.39, 0.29) is 12.7 Å². The summed E-state index contributed by atoms with van der Waals surface area (Å²) < 4.78 is 11.4. The van der Waals surface area contributed by atoms with Crippen LogP contribution in [-0.2, 0) is 6.61 Å². The Balaban J connectivity index is 2.18. The molecule has 0 saturated heterocycles. The molecule has 1 aromatic rings. The first kappa shape index (κ1) is 14.5. The van der Waals surface area contributed by atoms with Gasteiger partial charge in [-0.05, 0) is 42.9 Å². The van der Waals surface area contributed by atoms with Gasteiger partial charge in [-0.3, -0.25) is 0 Å². The van der Waals surface area contributed by atoms with E-state index in [1.165, 1.54) is 12.8 Å². The van der Waals surface area contributed by atoms with Gasteiger partial charge in [-0.15, -0.1) is 0 Å². The number of ether oxygens (including phenoxy) is 2. The van der Waals surface area contributed by atoms with Crippen LogP contribution >= 0.6 is 11.6 Å². The van der Waals surface area contributed by atoms with Gasteiger partial charge in [-0.1, -0.05) is 24.9 Å². The fraction of sp³-hybridized carbons (Fsp3) is 0.600. The fourth-order valence-electron chi connectivity index (χ4n) is 2.63. The summed E-state index contributed by atoms with van der Waals surface area (Å²) in [6.45, 7) is 2.19. The second-order valence-corrected chi connectivity index (χ2v) is 5.69. The SMILES string of the molecule is COc1cc(CO)cc(Cl)c1OC1CCCC(C)C1. The summed E-state index contributed by atoms with van der Waals surface area (Å²) in [7, 11) is 1.59. The monoisotopic (exact) mass is 284 g/mol. The van der Waals surface area contributed by atoms with Crippen LogP contribution in [0.15, 0.2) is 12.1 Å². The molecule has 0 bridgehead atoms. The van der Waals surface area contributed by atoms with E-state index in [4.69, 9.17) is 21.1 Å². The van der Waals surface area contributed by atoms with E-state index in [0.29, 0.717) is 22.4 Å². The molecule has 0 amide bonds. The molecule has 2 unspecified atom stereocenters. The Kier molecular flexibility index (Phi) is 4.94. The van der Waals surface area contributed by atoms with Crippen molar-refractivity contribution in [3.05, 3.63) is 22.7 Å². The highest BCUT2D eigenvalue weighted by Gasteiger charge is 2.23. The number of aliphatic hydroxyl groups excluding tert-OH is 1. The molecule has 2 atom stereocenters. The normalized spacial score (nSPS) is 23.2. The van der Waals surface area contributed by atoms with Crippen molar-refractivity contribution < 1.29 is 14.6 Å². The smallest absolute Gasteiger partial charge is 0.180 e. The van der Waals surface area contributed by atoms with Gasteiger partial charge >= 0.3 is 0 Å².